The summed E-state index contributed by atoms with van der Waals surface area (Å²) in [4.78, 5) is 11.9. The molecule has 0 aliphatic heterocycles. The summed E-state index contributed by atoms with van der Waals surface area (Å²) in [5, 5.41) is 3.50. The third-order valence-corrected chi connectivity index (χ3v) is 5.19. The van der Waals surface area contributed by atoms with E-state index in [9.17, 15) is 13.2 Å². The maximum atomic E-state index is 12.2. The summed E-state index contributed by atoms with van der Waals surface area (Å²) >= 11 is 12.0. The van der Waals surface area contributed by atoms with Crippen molar-refractivity contribution in [2.75, 3.05) is 17.1 Å². The number of halogens is 2. The van der Waals surface area contributed by atoms with Gasteiger partial charge < -0.3 is 5.32 Å². The van der Waals surface area contributed by atoms with E-state index < -0.39 is 10.0 Å². The summed E-state index contributed by atoms with van der Waals surface area (Å²) in [6.07, 6.45) is 1.98. The molecule has 1 amide bonds. The Morgan fingerprint density at radius 3 is 2.15 bits per heavy atom. The molecule has 0 bridgehead atoms. The molecule has 0 aliphatic rings. The largest absolute Gasteiger partial charge is 0.352 e. The standard InChI is InChI=1S/C18H20Cl2N2O3S/c1-3-8-21-18(23)14-6-4-13(5-7-14)12-22(26(2,24)25)17-10-15(19)9-16(20)11-17/h4-7,9-11H,3,8,12H2,1-2H3,(H,21,23). The molecule has 0 atom stereocenters. The fraction of sp³-hybridized carbons (Fsp3) is 0.278. The van der Waals surface area contributed by atoms with Gasteiger partial charge in [0.2, 0.25) is 10.0 Å². The van der Waals surface area contributed by atoms with E-state index in [1.165, 1.54) is 10.4 Å². The zero-order valence-corrected chi connectivity index (χ0v) is 16.8. The molecule has 2 aromatic carbocycles. The molecule has 0 radical (unpaired) electrons. The van der Waals surface area contributed by atoms with E-state index in [2.05, 4.69) is 5.32 Å². The second-order valence-electron chi connectivity index (χ2n) is 5.85. The average Bonchev–Trinajstić information content (AvgIpc) is 2.56. The first-order valence-electron chi connectivity index (χ1n) is 8.01. The van der Waals surface area contributed by atoms with E-state index in [-0.39, 0.29) is 12.5 Å². The molecule has 26 heavy (non-hydrogen) atoms. The summed E-state index contributed by atoms with van der Waals surface area (Å²) in [6, 6.07) is 11.4. The number of carbonyl (C=O) groups excluding carboxylic acids is 1. The van der Waals surface area contributed by atoms with Crippen molar-refractivity contribution in [2.45, 2.75) is 19.9 Å². The first-order valence-corrected chi connectivity index (χ1v) is 10.6. The van der Waals surface area contributed by atoms with Gasteiger partial charge >= 0.3 is 0 Å². The molecule has 2 rings (SSSR count). The van der Waals surface area contributed by atoms with Crippen molar-refractivity contribution >= 4 is 44.8 Å². The van der Waals surface area contributed by atoms with E-state index in [1.54, 1.807) is 36.4 Å². The van der Waals surface area contributed by atoms with Gasteiger partial charge in [-0.15, -0.1) is 0 Å². The number of anilines is 1. The maximum absolute atomic E-state index is 12.2. The minimum atomic E-state index is -3.55. The number of amides is 1. The Morgan fingerprint density at radius 2 is 1.65 bits per heavy atom. The van der Waals surface area contributed by atoms with E-state index in [1.807, 2.05) is 6.92 Å². The van der Waals surface area contributed by atoms with Gasteiger partial charge in [-0.05, 0) is 42.3 Å². The molecule has 0 heterocycles. The van der Waals surface area contributed by atoms with Crippen molar-refractivity contribution in [3.63, 3.8) is 0 Å². The van der Waals surface area contributed by atoms with Gasteiger partial charge in [-0.25, -0.2) is 8.42 Å². The first-order chi connectivity index (χ1) is 12.2. The molecule has 8 heteroatoms. The van der Waals surface area contributed by atoms with Gasteiger partial charge in [0, 0.05) is 22.2 Å². The molecule has 0 aliphatic carbocycles. The van der Waals surface area contributed by atoms with Crippen molar-refractivity contribution in [1.82, 2.24) is 5.32 Å². The monoisotopic (exact) mass is 414 g/mol. The molecule has 0 saturated heterocycles. The Labute approximate surface area is 164 Å². The van der Waals surface area contributed by atoms with Gasteiger partial charge in [-0.2, -0.15) is 0 Å². The number of hydrogen-bond acceptors (Lipinski definition) is 3. The summed E-state index contributed by atoms with van der Waals surface area (Å²) < 4.78 is 25.7. The molecule has 140 valence electrons. The number of nitrogens with one attached hydrogen (secondary N) is 1. The summed E-state index contributed by atoms with van der Waals surface area (Å²) in [5.41, 5.74) is 1.65. The van der Waals surface area contributed by atoms with Crippen LogP contribution in [0.4, 0.5) is 5.69 Å². The molecule has 0 fully saturated rings. The van der Waals surface area contributed by atoms with Crippen LogP contribution in [0.3, 0.4) is 0 Å². The number of nitrogens with zero attached hydrogens (tertiary/aromatic N) is 1. The lowest BCUT2D eigenvalue weighted by atomic mass is 10.1. The molecule has 0 saturated carbocycles. The number of hydrogen-bond donors (Lipinski definition) is 1. The van der Waals surface area contributed by atoms with Crippen LogP contribution in [0.2, 0.25) is 10.0 Å². The van der Waals surface area contributed by atoms with Crippen LogP contribution < -0.4 is 9.62 Å². The van der Waals surface area contributed by atoms with Crippen molar-refractivity contribution in [3.8, 4) is 0 Å². The highest BCUT2D eigenvalue weighted by Gasteiger charge is 2.19. The van der Waals surface area contributed by atoms with Gasteiger partial charge in [0.1, 0.15) is 0 Å². The Bertz CT molecular complexity index is 864. The SMILES string of the molecule is CCCNC(=O)c1ccc(CN(c2cc(Cl)cc(Cl)c2)S(C)(=O)=O)cc1. The van der Waals surface area contributed by atoms with E-state index in [4.69, 9.17) is 23.2 Å². The van der Waals surface area contributed by atoms with E-state index >= 15 is 0 Å². The summed E-state index contributed by atoms with van der Waals surface area (Å²) in [6.45, 7) is 2.69. The Morgan fingerprint density at radius 1 is 1.08 bits per heavy atom. The lowest BCUT2D eigenvalue weighted by molar-refractivity contribution is 0.0953. The number of rotatable bonds is 7. The number of carbonyl (C=O) groups is 1. The van der Waals surface area contributed by atoms with E-state index in [0.717, 1.165) is 18.2 Å². The fourth-order valence-corrected chi connectivity index (χ4v) is 3.74. The van der Waals surface area contributed by atoms with Crippen molar-refractivity contribution in [3.05, 3.63) is 63.6 Å². The normalized spacial score (nSPS) is 11.2. The van der Waals surface area contributed by atoms with Gasteiger partial charge in [0.25, 0.3) is 5.91 Å². The zero-order chi connectivity index (χ0) is 19.3. The van der Waals surface area contributed by atoms with Crippen molar-refractivity contribution < 1.29 is 13.2 Å². The average molecular weight is 415 g/mol. The highest BCUT2D eigenvalue weighted by atomic mass is 35.5. The number of sulfonamides is 1. The van der Waals surface area contributed by atoms with Crippen molar-refractivity contribution in [2.24, 2.45) is 0 Å². The van der Waals surface area contributed by atoms with Crippen LogP contribution in [-0.4, -0.2) is 27.1 Å². The highest BCUT2D eigenvalue weighted by molar-refractivity contribution is 7.92. The molecule has 0 spiro atoms. The highest BCUT2D eigenvalue weighted by Crippen LogP contribution is 2.28. The minimum Gasteiger partial charge on any atom is -0.352 e. The predicted octanol–water partition coefficient (Wildman–Crippen LogP) is 4.10. The summed E-state index contributed by atoms with van der Waals surface area (Å²) in [5.74, 6) is -0.153. The maximum Gasteiger partial charge on any atom is 0.251 e. The second kappa shape index (κ2) is 8.75. The topological polar surface area (TPSA) is 66.5 Å². The quantitative estimate of drug-likeness (QED) is 0.741. The van der Waals surface area contributed by atoms with Crippen LogP contribution in [0.25, 0.3) is 0 Å². The molecule has 1 N–H and O–H groups in total. The summed E-state index contributed by atoms with van der Waals surface area (Å²) in [7, 11) is -3.55. The third kappa shape index (κ3) is 5.62. The van der Waals surface area contributed by atoms with Gasteiger partial charge in [0.15, 0.2) is 0 Å². The van der Waals surface area contributed by atoms with E-state index in [0.29, 0.717) is 27.8 Å². The third-order valence-electron chi connectivity index (χ3n) is 3.61. The fourth-order valence-electron chi connectivity index (χ4n) is 2.35. The van der Waals surface area contributed by atoms with Gasteiger partial charge in [-0.1, -0.05) is 42.3 Å². The Kier molecular flexibility index (Phi) is 6.92. The zero-order valence-electron chi connectivity index (χ0n) is 14.5. The molecule has 5 nitrogen and oxygen atoms in total. The molecule has 2 aromatic rings. The van der Waals surface area contributed by atoms with Crippen LogP contribution in [0.15, 0.2) is 42.5 Å². The Balaban J connectivity index is 2.25. The van der Waals surface area contributed by atoms with Crippen molar-refractivity contribution in [1.29, 1.82) is 0 Å². The second-order valence-corrected chi connectivity index (χ2v) is 8.63. The minimum absolute atomic E-state index is 0.104. The Hall–Kier alpha value is -1.76. The molecule has 0 unspecified atom stereocenters. The van der Waals surface area contributed by atoms with Crippen LogP contribution >= 0.6 is 23.2 Å². The predicted molar refractivity (Wildman–Crippen MR) is 107 cm³/mol. The molecular formula is C18H20Cl2N2O3S. The van der Waals surface area contributed by atoms with Crippen LogP contribution in [-0.2, 0) is 16.6 Å². The first kappa shape index (κ1) is 20.6. The molecular weight excluding hydrogens is 395 g/mol. The van der Waals surface area contributed by atoms with Crippen LogP contribution in [0.1, 0.15) is 29.3 Å². The van der Waals surface area contributed by atoms with Gasteiger partial charge in [-0.3, -0.25) is 9.10 Å². The van der Waals surface area contributed by atoms with Crippen LogP contribution in [0.5, 0.6) is 0 Å². The smallest absolute Gasteiger partial charge is 0.251 e. The van der Waals surface area contributed by atoms with Gasteiger partial charge in [0.05, 0.1) is 18.5 Å². The number of benzene rings is 2. The van der Waals surface area contributed by atoms with Crippen LogP contribution in [0, 0.1) is 0 Å². The lowest BCUT2D eigenvalue weighted by Crippen LogP contribution is -2.29. The molecule has 0 aromatic heterocycles. The lowest BCUT2D eigenvalue weighted by Gasteiger charge is -2.23.